The van der Waals surface area contributed by atoms with Gasteiger partial charge in [-0.15, -0.1) is 0 Å². The Balaban J connectivity index is 2.01. The lowest BCUT2D eigenvalue weighted by molar-refractivity contribution is -0.133. The molecule has 1 amide bonds. The third kappa shape index (κ3) is 2.50. The van der Waals surface area contributed by atoms with Gasteiger partial charge in [-0.1, -0.05) is 6.92 Å². The zero-order valence-electron chi connectivity index (χ0n) is 6.81. The minimum atomic E-state index is 0.227. The molecule has 1 rings (SSSR count). The van der Waals surface area contributed by atoms with Gasteiger partial charge in [0.15, 0.2) is 0 Å². The van der Waals surface area contributed by atoms with Gasteiger partial charge in [0.1, 0.15) is 0 Å². The van der Waals surface area contributed by atoms with E-state index in [2.05, 4.69) is 12.2 Å². The second-order valence-electron chi connectivity index (χ2n) is 2.76. The van der Waals surface area contributed by atoms with Gasteiger partial charge in [0.25, 0.3) is 0 Å². The molecule has 1 aliphatic heterocycles. The molecule has 0 saturated carbocycles. The van der Waals surface area contributed by atoms with Crippen LogP contribution in [0.2, 0.25) is 0 Å². The summed E-state index contributed by atoms with van der Waals surface area (Å²) in [6, 6.07) is 0. The fourth-order valence-electron chi connectivity index (χ4n) is 0.998. The van der Waals surface area contributed by atoms with E-state index in [-0.39, 0.29) is 5.91 Å². The van der Waals surface area contributed by atoms with Gasteiger partial charge in [-0.05, 0) is 19.4 Å². The Hall–Kier alpha value is -0.570. The highest BCUT2D eigenvalue weighted by Crippen LogP contribution is 2.04. The molecule has 0 spiro atoms. The normalized spacial score (nSPS) is 16.3. The quantitative estimate of drug-likeness (QED) is 0.581. The van der Waals surface area contributed by atoms with Crippen LogP contribution in [0.4, 0.5) is 0 Å². The van der Waals surface area contributed by atoms with Crippen LogP contribution < -0.4 is 5.32 Å². The summed E-state index contributed by atoms with van der Waals surface area (Å²) in [6.45, 7) is 6.89. The topological polar surface area (TPSA) is 32.3 Å². The summed E-state index contributed by atoms with van der Waals surface area (Å²) in [5.41, 5.74) is 0. The Morgan fingerprint density at radius 3 is 2.73 bits per heavy atom. The van der Waals surface area contributed by atoms with E-state index in [1.54, 1.807) is 0 Å². The van der Waals surface area contributed by atoms with E-state index in [0.717, 1.165) is 26.1 Å². The highest BCUT2D eigenvalue weighted by atomic mass is 16.2. The van der Waals surface area contributed by atoms with Crippen molar-refractivity contribution in [2.75, 3.05) is 26.2 Å². The third-order valence-corrected chi connectivity index (χ3v) is 1.84. The standard InChI is InChI=1S/C8H15N2O/c1-2-4-9-7-8(11)10-5-3-6-10/h9H,1-7H2. The zero-order chi connectivity index (χ0) is 8.10. The lowest BCUT2D eigenvalue weighted by Crippen LogP contribution is -2.46. The average Bonchev–Trinajstić information content (AvgIpc) is 1.84. The number of carbonyl (C=O) groups excluding carboxylic acids is 1. The number of nitrogens with one attached hydrogen (secondary N) is 1. The first kappa shape index (κ1) is 8.53. The lowest BCUT2D eigenvalue weighted by atomic mass is 10.2. The zero-order valence-corrected chi connectivity index (χ0v) is 6.81. The summed E-state index contributed by atoms with van der Waals surface area (Å²) in [4.78, 5) is 13.0. The molecule has 1 aliphatic rings. The number of carbonyl (C=O) groups is 1. The third-order valence-electron chi connectivity index (χ3n) is 1.84. The molecule has 0 aliphatic carbocycles. The molecule has 0 atom stereocenters. The van der Waals surface area contributed by atoms with Gasteiger partial charge in [0.2, 0.25) is 5.91 Å². The van der Waals surface area contributed by atoms with Gasteiger partial charge >= 0.3 is 0 Å². The van der Waals surface area contributed by atoms with Crippen LogP contribution in [0.25, 0.3) is 0 Å². The molecule has 11 heavy (non-hydrogen) atoms. The van der Waals surface area contributed by atoms with Crippen molar-refractivity contribution in [3.05, 3.63) is 6.92 Å². The molecular formula is C8H15N2O. The van der Waals surface area contributed by atoms with Gasteiger partial charge in [-0.25, -0.2) is 0 Å². The number of hydrogen-bond donors (Lipinski definition) is 1. The number of rotatable bonds is 4. The summed E-state index contributed by atoms with van der Waals surface area (Å²) in [6.07, 6.45) is 2.01. The van der Waals surface area contributed by atoms with Crippen molar-refractivity contribution in [2.45, 2.75) is 12.8 Å². The van der Waals surface area contributed by atoms with E-state index in [4.69, 9.17) is 0 Å². The smallest absolute Gasteiger partial charge is 0.236 e. The Kier molecular flexibility index (Phi) is 3.36. The fourth-order valence-corrected chi connectivity index (χ4v) is 0.998. The maximum atomic E-state index is 11.1. The minimum absolute atomic E-state index is 0.227. The molecule has 1 saturated heterocycles. The van der Waals surface area contributed by atoms with Crippen LogP contribution in [0.1, 0.15) is 12.8 Å². The Bertz CT molecular complexity index is 132. The molecule has 1 radical (unpaired) electrons. The van der Waals surface area contributed by atoms with Crippen LogP contribution in [0, 0.1) is 6.92 Å². The predicted octanol–water partition coefficient (Wildman–Crippen LogP) is 0.0325. The van der Waals surface area contributed by atoms with Crippen LogP contribution in [0.15, 0.2) is 0 Å². The second-order valence-corrected chi connectivity index (χ2v) is 2.76. The van der Waals surface area contributed by atoms with Crippen LogP contribution in [-0.4, -0.2) is 37.0 Å². The molecule has 3 nitrogen and oxygen atoms in total. The minimum Gasteiger partial charge on any atom is -0.341 e. The molecule has 1 N–H and O–H groups in total. The van der Waals surface area contributed by atoms with Crippen molar-refractivity contribution in [2.24, 2.45) is 0 Å². The van der Waals surface area contributed by atoms with Gasteiger partial charge < -0.3 is 10.2 Å². The SMILES string of the molecule is [CH2]CCNCC(=O)N1CCC1. The van der Waals surface area contributed by atoms with Crippen LogP contribution in [0.3, 0.4) is 0 Å². The monoisotopic (exact) mass is 155 g/mol. The molecule has 0 aromatic heterocycles. The van der Waals surface area contributed by atoms with Crippen molar-refractivity contribution in [3.63, 3.8) is 0 Å². The van der Waals surface area contributed by atoms with E-state index in [1.165, 1.54) is 6.42 Å². The van der Waals surface area contributed by atoms with Crippen LogP contribution in [-0.2, 0) is 4.79 Å². The Labute approximate surface area is 67.8 Å². The van der Waals surface area contributed by atoms with Crippen molar-refractivity contribution >= 4 is 5.91 Å². The molecule has 1 fully saturated rings. The summed E-state index contributed by atoms with van der Waals surface area (Å²) in [5, 5.41) is 3.03. The van der Waals surface area contributed by atoms with Crippen molar-refractivity contribution in [1.82, 2.24) is 10.2 Å². The first-order valence-corrected chi connectivity index (χ1v) is 4.12. The van der Waals surface area contributed by atoms with E-state index in [1.807, 2.05) is 4.90 Å². The average molecular weight is 155 g/mol. The van der Waals surface area contributed by atoms with Gasteiger partial charge in [-0.2, -0.15) is 0 Å². The highest BCUT2D eigenvalue weighted by molar-refractivity contribution is 5.78. The van der Waals surface area contributed by atoms with Crippen LogP contribution in [0.5, 0.6) is 0 Å². The molecule has 0 aromatic rings. The molecule has 63 valence electrons. The number of nitrogens with zero attached hydrogens (tertiary/aromatic N) is 1. The second kappa shape index (κ2) is 4.34. The maximum Gasteiger partial charge on any atom is 0.236 e. The molecule has 1 heterocycles. The Morgan fingerprint density at radius 2 is 2.27 bits per heavy atom. The fraction of sp³-hybridized carbons (Fsp3) is 0.750. The predicted molar refractivity (Wildman–Crippen MR) is 44.0 cm³/mol. The van der Waals surface area contributed by atoms with Crippen molar-refractivity contribution < 1.29 is 4.79 Å². The summed E-state index contributed by atoms with van der Waals surface area (Å²) in [5.74, 6) is 0.227. The van der Waals surface area contributed by atoms with Crippen molar-refractivity contribution in [1.29, 1.82) is 0 Å². The first-order valence-electron chi connectivity index (χ1n) is 4.12. The molecule has 3 heteroatoms. The lowest BCUT2D eigenvalue weighted by Gasteiger charge is -2.30. The molecule has 0 bridgehead atoms. The van der Waals surface area contributed by atoms with Gasteiger partial charge in [-0.3, -0.25) is 4.79 Å². The Morgan fingerprint density at radius 1 is 1.55 bits per heavy atom. The van der Waals surface area contributed by atoms with E-state index in [9.17, 15) is 4.79 Å². The molecule has 0 aromatic carbocycles. The number of amides is 1. The van der Waals surface area contributed by atoms with Crippen molar-refractivity contribution in [3.8, 4) is 0 Å². The van der Waals surface area contributed by atoms with E-state index >= 15 is 0 Å². The van der Waals surface area contributed by atoms with Gasteiger partial charge in [0, 0.05) is 13.1 Å². The van der Waals surface area contributed by atoms with Gasteiger partial charge in [0.05, 0.1) is 6.54 Å². The molecular weight excluding hydrogens is 140 g/mol. The van der Waals surface area contributed by atoms with E-state index in [0.29, 0.717) is 6.54 Å². The molecule has 0 unspecified atom stereocenters. The summed E-state index contributed by atoms with van der Waals surface area (Å²) < 4.78 is 0. The highest BCUT2D eigenvalue weighted by Gasteiger charge is 2.18. The largest absolute Gasteiger partial charge is 0.341 e. The number of hydrogen-bond acceptors (Lipinski definition) is 2. The summed E-state index contributed by atoms with van der Waals surface area (Å²) in [7, 11) is 0. The first-order chi connectivity index (χ1) is 5.34. The number of likely N-dealkylation sites (tertiary alicyclic amines) is 1. The van der Waals surface area contributed by atoms with Crippen LogP contribution >= 0.6 is 0 Å². The van der Waals surface area contributed by atoms with E-state index < -0.39 is 0 Å². The maximum absolute atomic E-state index is 11.1. The summed E-state index contributed by atoms with van der Waals surface area (Å²) >= 11 is 0.